The Hall–Kier alpha value is -3.52. The zero-order valence-electron chi connectivity index (χ0n) is 45.0. The van der Waals surface area contributed by atoms with Crippen molar-refractivity contribution in [2.45, 2.75) is 263 Å². The first-order chi connectivity index (χ1) is 34.0. The zero-order chi connectivity index (χ0) is 48.6. The fourth-order valence-corrected chi connectivity index (χ4v) is 12.2. The van der Waals surface area contributed by atoms with E-state index in [4.69, 9.17) is 11.5 Å². The lowest BCUT2D eigenvalue weighted by atomic mass is 9.73. The van der Waals surface area contributed by atoms with E-state index in [0.717, 1.165) is 23.2 Å². The van der Waals surface area contributed by atoms with E-state index in [-0.39, 0.29) is 0 Å². The Balaban J connectivity index is 1.34. The third-order valence-corrected chi connectivity index (χ3v) is 16.7. The molecule has 0 heterocycles. The van der Waals surface area contributed by atoms with Gasteiger partial charge in [0.05, 0.1) is 0 Å². The average molecular weight is 938 g/mol. The summed E-state index contributed by atoms with van der Waals surface area (Å²) < 4.78 is 0. The first kappa shape index (κ1) is 56.4. The number of hydrogen-bond donors (Lipinski definition) is 2. The molecule has 0 bridgehead atoms. The lowest BCUT2D eigenvalue weighted by Gasteiger charge is -2.32. The molecule has 0 saturated heterocycles. The highest BCUT2D eigenvalue weighted by Crippen LogP contribution is 2.41. The number of nitrogen functional groups attached to an aromatic ring is 2. The molecule has 4 aromatic carbocycles. The molecule has 1 fully saturated rings. The quantitative estimate of drug-likeness (QED) is 0.0347. The van der Waals surface area contributed by atoms with Crippen LogP contribution in [0.3, 0.4) is 0 Å². The molecule has 0 aromatic heterocycles. The van der Waals surface area contributed by atoms with E-state index in [1.54, 1.807) is 0 Å². The van der Waals surface area contributed by atoms with E-state index < -0.39 is 0 Å². The van der Waals surface area contributed by atoms with E-state index in [9.17, 15) is 0 Å². The molecule has 4 aromatic rings. The predicted molar refractivity (Wildman–Crippen MR) is 306 cm³/mol. The van der Waals surface area contributed by atoms with Crippen molar-refractivity contribution >= 4 is 11.4 Å². The lowest BCUT2D eigenvalue weighted by Crippen LogP contribution is -2.19. The van der Waals surface area contributed by atoms with E-state index in [2.05, 4.69) is 118 Å². The standard InChI is InChI=1S/C67H104N2/c1-4-7-10-13-15-17-19-21-24-30-35-65(61-45-50-63(68)51-46-61)57-37-41-59(42-38-57)67(54-49-56(34-27-23-12-9-6-3)55-32-28-26-29-33-55)60-43-39-58(40-44-60)66(62-47-52-64(69)53-48-62)36-31-25-22-20-18-16-14-11-8-5-2/h37-48,50-53,55-56,65-67H,4-36,49,54,68-69H2,1-3H3. The number of unbranched alkanes of at least 4 members (excludes halogenated alkanes) is 22. The topological polar surface area (TPSA) is 52.0 Å². The third kappa shape index (κ3) is 21.4. The highest BCUT2D eigenvalue weighted by atomic mass is 14.5. The molecule has 1 aliphatic rings. The Morgan fingerprint density at radius 3 is 0.884 bits per heavy atom. The maximum absolute atomic E-state index is 6.24. The van der Waals surface area contributed by atoms with E-state index >= 15 is 0 Å². The minimum Gasteiger partial charge on any atom is -0.399 e. The highest BCUT2D eigenvalue weighted by Gasteiger charge is 2.26. The Kier molecular flexibility index (Phi) is 28.4. The van der Waals surface area contributed by atoms with Crippen molar-refractivity contribution in [1.82, 2.24) is 0 Å². The third-order valence-electron chi connectivity index (χ3n) is 16.7. The van der Waals surface area contributed by atoms with Crippen molar-refractivity contribution in [2.75, 3.05) is 11.5 Å². The van der Waals surface area contributed by atoms with Crippen LogP contribution in [0.1, 0.15) is 297 Å². The Morgan fingerprint density at radius 2 is 0.565 bits per heavy atom. The molecule has 1 aliphatic carbocycles. The van der Waals surface area contributed by atoms with E-state index in [1.807, 2.05) is 0 Å². The van der Waals surface area contributed by atoms with Gasteiger partial charge in [-0.3, -0.25) is 0 Å². The van der Waals surface area contributed by atoms with Crippen molar-refractivity contribution in [3.05, 3.63) is 130 Å². The van der Waals surface area contributed by atoms with Crippen molar-refractivity contribution < 1.29 is 0 Å². The largest absolute Gasteiger partial charge is 0.399 e. The molecule has 4 N–H and O–H groups in total. The fraction of sp³-hybridized carbons (Fsp3) is 0.642. The summed E-state index contributed by atoms with van der Waals surface area (Å²) in [6, 6.07) is 37.7. The van der Waals surface area contributed by atoms with Gasteiger partial charge in [0.15, 0.2) is 0 Å². The Labute approximate surface area is 426 Å². The monoisotopic (exact) mass is 937 g/mol. The molecule has 382 valence electrons. The van der Waals surface area contributed by atoms with Crippen LogP contribution in [0.2, 0.25) is 0 Å². The zero-order valence-corrected chi connectivity index (χ0v) is 45.0. The number of rotatable bonds is 38. The first-order valence-corrected chi connectivity index (χ1v) is 29.9. The summed E-state index contributed by atoms with van der Waals surface area (Å²) in [5, 5.41) is 0. The molecular formula is C67H104N2. The van der Waals surface area contributed by atoms with Crippen LogP contribution >= 0.6 is 0 Å². The maximum Gasteiger partial charge on any atom is 0.0314 e. The molecule has 0 spiro atoms. The van der Waals surface area contributed by atoms with Crippen molar-refractivity contribution in [2.24, 2.45) is 11.8 Å². The second-order valence-electron chi connectivity index (χ2n) is 22.2. The fourth-order valence-electron chi connectivity index (χ4n) is 12.2. The van der Waals surface area contributed by atoms with Crippen LogP contribution in [-0.2, 0) is 0 Å². The van der Waals surface area contributed by atoms with Gasteiger partial charge in [-0.1, -0.05) is 293 Å². The van der Waals surface area contributed by atoms with Gasteiger partial charge in [-0.15, -0.1) is 0 Å². The summed E-state index contributed by atoms with van der Waals surface area (Å²) in [5.41, 5.74) is 22.9. The second-order valence-corrected chi connectivity index (χ2v) is 22.2. The summed E-state index contributed by atoms with van der Waals surface area (Å²) in [6.07, 6.45) is 48.0. The van der Waals surface area contributed by atoms with Gasteiger partial charge in [-0.25, -0.2) is 0 Å². The maximum atomic E-state index is 6.24. The summed E-state index contributed by atoms with van der Waals surface area (Å²) >= 11 is 0. The molecule has 69 heavy (non-hydrogen) atoms. The smallest absolute Gasteiger partial charge is 0.0314 e. The van der Waals surface area contributed by atoms with Crippen LogP contribution in [0.25, 0.3) is 0 Å². The molecule has 0 radical (unpaired) electrons. The normalized spacial score (nSPS) is 15.0. The molecule has 3 unspecified atom stereocenters. The Morgan fingerprint density at radius 1 is 0.304 bits per heavy atom. The molecule has 3 atom stereocenters. The molecular weight excluding hydrogens is 833 g/mol. The van der Waals surface area contributed by atoms with Crippen LogP contribution in [0, 0.1) is 11.8 Å². The van der Waals surface area contributed by atoms with Gasteiger partial charge in [0.25, 0.3) is 0 Å². The number of anilines is 2. The van der Waals surface area contributed by atoms with E-state index in [0.29, 0.717) is 17.8 Å². The molecule has 0 aliphatic heterocycles. The molecule has 0 amide bonds. The van der Waals surface area contributed by atoms with Gasteiger partial charge in [-0.2, -0.15) is 0 Å². The summed E-state index contributed by atoms with van der Waals surface area (Å²) in [6.45, 7) is 6.97. The molecule has 1 saturated carbocycles. The van der Waals surface area contributed by atoms with Gasteiger partial charge in [0, 0.05) is 29.1 Å². The van der Waals surface area contributed by atoms with Crippen molar-refractivity contribution in [3.8, 4) is 0 Å². The van der Waals surface area contributed by atoms with Crippen LogP contribution in [0.5, 0.6) is 0 Å². The molecule has 2 nitrogen and oxygen atoms in total. The Bertz CT molecular complexity index is 1700. The minimum atomic E-state index is 0.396. The van der Waals surface area contributed by atoms with Gasteiger partial charge in [-0.05, 0) is 95.2 Å². The van der Waals surface area contributed by atoms with E-state index in [1.165, 1.54) is 258 Å². The van der Waals surface area contributed by atoms with Gasteiger partial charge in [0.2, 0.25) is 0 Å². The van der Waals surface area contributed by atoms with Crippen molar-refractivity contribution in [3.63, 3.8) is 0 Å². The lowest BCUT2D eigenvalue weighted by molar-refractivity contribution is 0.214. The number of nitrogens with two attached hydrogens (primary N) is 2. The van der Waals surface area contributed by atoms with Crippen LogP contribution in [-0.4, -0.2) is 0 Å². The first-order valence-electron chi connectivity index (χ1n) is 29.9. The minimum absolute atomic E-state index is 0.396. The number of hydrogen-bond acceptors (Lipinski definition) is 2. The average Bonchev–Trinajstić information content (AvgIpc) is 3.38. The number of benzene rings is 4. The van der Waals surface area contributed by atoms with Gasteiger partial charge < -0.3 is 11.5 Å². The van der Waals surface area contributed by atoms with Crippen molar-refractivity contribution in [1.29, 1.82) is 0 Å². The molecule has 5 rings (SSSR count). The summed E-state index contributed by atoms with van der Waals surface area (Å²) in [4.78, 5) is 0. The van der Waals surface area contributed by atoms with Gasteiger partial charge >= 0.3 is 0 Å². The molecule has 2 heteroatoms. The predicted octanol–water partition coefficient (Wildman–Crippen LogP) is 21.2. The summed E-state index contributed by atoms with van der Waals surface area (Å²) in [7, 11) is 0. The highest BCUT2D eigenvalue weighted by molar-refractivity contribution is 5.46. The van der Waals surface area contributed by atoms with Gasteiger partial charge in [0.1, 0.15) is 0 Å². The SMILES string of the molecule is CCCCCCCCCCCCC(c1ccc(N)cc1)c1ccc(C(CCC(CCCCCCC)C2CCCCC2)c2ccc(C(CCCCCCCCCCCC)c3ccc(N)cc3)cc2)cc1. The van der Waals surface area contributed by atoms with Crippen LogP contribution in [0.4, 0.5) is 11.4 Å². The van der Waals surface area contributed by atoms with Crippen LogP contribution < -0.4 is 11.5 Å². The summed E-state index contributed by atoms with van der Waals surface area (Å²) in [5.74, 6) is 2.95. The van der Waals surface area contributed by atoms with Crippen LogP contribution in [0.15, 0.2) is 97.1 Å². The second kappa shape index (κ2) is 34.7.